The van der Waals surface area contributed by atoms with E-state index in [1.54, 1.807) is 0 Å². The van der Waals surface area contributed by atoms with Gasteiger partial charge in [0.2, 0.25) is 5.92 Å². The van der Waals surface area contributed by atoms with Crippen LogP contribution in [0.5, 0.6) is 0 Å². The van der Waals surface area contributed by atoms with Crippen molar-refractivity contribution in [2.45, 2.75) is 44.2 Å². The third kappa shape index (κ3) is 3.72. The molecular weight excluding hydrogens is 316 g/mol. The SMILES string of the molecule is O=c1cc(NCc2ccccc2)[nH]c(=O)n1C1CCC(F)(F)CC1. The number of benzene rings is 1. The highest BCUT2D eigenvalue weighted by atomic mass is 19.3. The van der Waals surface area contributed by atoms with Crippen LogP contribution in [0.25, 0.3) is 0 Å². The van der Waals surface area contributed by atoms with Gasteiger partial charge in [0.25, 0.3) is 5.56 Å². The van der Waals surface area contributed by atoms with Gasteiger partial charge in [-0.1, -0.05) is 30.3 Å². The molecule has 0 aliphatic heterocycles. The molecule has 1 aliphatic carbocycles. The Morgan fingerprint density at radius 2 is 1.83 bits per heavy atom. The number of nitrogens with one attached hydrogen (secondary N) is 2. The quantitative estimate of drug-likeness (QED) is 0.903. The zero-order valence-corrected chi connectivity index (χ0v) is 13.1. The van der Waals surface area contributed by atoms with Crippen LogP contribution in [0.2, 0.25) is 0 Å². The van der Waals surface area contributed by atoms with Crippen LogP contribution in [0.15, 0.2) is 46.0 Å². The number of anilines is 1. The average molecular weight is 335 g/mol. The van der Waals surface area contributed by atoms with Crippen LogP contribution in [0.3, 0.4) is 0 Å². The molecule has 1 saturated carbocycles. The molecule has 128 valence electrons. The average Bonchev–Trinajstić information content (AvgIpc) is 2.55. The fourth-order valence-corrected chi connectivity index (χ4v) is 3.02. The second-order valence-corrected chi connectivity index (χ2v) is 6.12. The van der Waals surface area contributed by atoms with E-state index < -0.39 is 23.2 Å². The Kier molecular flexibility index (Phi) is 4.51. The van der Waals surface area contributed by atoms with Crippen molar-refractivity contribution in [1.82, 2.24) is 9.55 Å². The third-order valence-corrected chi connectivity index (χ3v) is 4.34. The van der Waals surface area contributed by atoms with Crippen LogP contribution in [-0.4, -0.2) is 15.5 Å². The summed E-state index contributed by atoms with van der Waals surface area (Å²) < 4.78 is 27.5. The topological polar surface area (TPSA) is 66.9 Å². The second-order valence-electron chi connectivity index (χ2n) is 6.12. The van der Waals surface area contributed by atoms with Gasteiger partial charge in [0.05, 0.1) is 0 Å². The molecule has 0 saturated heterocycles. The molecule has 24 heavy (non-hydrogen) atoms. The molecule has 0 atom stereocenters. The number of rotatable bonds is 4. The number of hydrogen-bond acceptors (Lipinski definition) is 3. The first kappa shape index (κ1) is 16.4. The van der Waals surface area contributed by atoms with Crippen LogP contribution >= 0.6 is 0 Å². The summed E-state index contributed by atoms with van der Waals surface area (Å²) in [5, 5.41) is 3.00. The number of aromatic nitrogens is 2. The van der Waals surface area contributed by atoms with E-state index in [2.05, 4.69) is 10.3 Å². The van der Waals surface area contributed by atoms with Gasteiger partial charge < -0.3 is 5.32 Å². The smallest absolute Gasteiger partial charge is 0.330 e. The van der Waals surface area contributed by atoms with Gasteiger partial charge in [-0.15, -0.1) is 0 Å². The second kappa shape index (κ2) is 6.59. The Labute approximate surface area is 137 Å². The van der Waals surface area contributed by atoms with E-state index in [4.69, 9.17) is 0 Å². The highest BCUT2D eigenvalue weighted by molar-refractivity contribution is 5.33. The maximum atomic E-state index is 13.2. The van der Waals surface area contributed by atoms with Gasteiger partial charge in [0.15, 0.2) is 0 Å². The number of alkyl halides is 2. The monoisotopic (exact) mass is 335 g/mol. The molecule has 2 N–H and O–H groups in total. The number of H-pyrrole nitrogens is 1. The molecule has 0 radical (unpaired) electrons. The van der Waals surface area contributed by atoms with Gasteiger partial charge in [-0.25, -0.2) is 13.6 Å². The minimum absolute atomic E-state index is 0.132. The Hall–Kier alpha value is -2.44. The first-order chi connectivity index (χ1) is 11.4. The summed E-state index contributed by atoms with van der Waals surface area (Å²) in [6, 6.07) is 10.4. The first-order valence-electron chi connectivity index (χ1n) is 7.96. The lowest BCUT2D eigenvalue weighted by Gasteiger charge is -2.28. The number of nitrogens with zero attached hydrogens (tertiary/aromatic N) is 1. The van der Waals surface area contributed by atoms with Crippen LogP contribution < -0.4 is 16.6 Å². The molecule has 3 rings (SSSR count). The highest BCUT2D eigenvalue weighted by Crippen LogP contribution is 2.37. The summed E-state index contributed by atoms with van der Waals surface area (Å²) in [4.78, 5) is 27.1. The molecule has 5 nitrogen and oxygen atoms in total. The molecule has 0 bridgehead atoms. The maximum Gasteiger partial charge on any atom is 0.330 e. The van der Waals surface area contributed by atoms with E-state index >= 15 is 0 Å². The molecule has 1 aromatic carbocycles. The van der Waals surface area contributed by atoms with Crippen LogP contribution in [0.1, 0.15) is 37.3 Å². The largest absolute Gasteiger partial charge is 0.367 e. The molecule has 0 amide bonds. The zero-order valence-electron chi connectivity index (χ0n) is 13.1. The summed E-state index contributed by atoms with van der Waals surface area (Å²) >= 11 is 0. The minimum Gasteiger partial charge on any atom is -0.367 e. The van der Waals surface area contributed by atoms with E-state index in [9.17, 15) is 18.4 Å². The van der Waals surface area contributed by atoms with E-state index in [1.807, 2.05) is 30.3 Å². The lowest BCUT2D eigenvalue weighted by Crippen LogP contribution is -2.40. The molecule has 0 spiro atoms. The van der Waals surface area contributed by atoms with E-state index in [-0.39, 0.29) is 25.7 Å². The van der Waals surface area contributed by atoms with Gasteiger partial charge in [0.1, 0.15) is 5.82 Å². The molecule has 1 aromatic heterocycles. The van der Waals surface area contributed by atoms with Gasteiger partial charge in [-0.05, 0) is 18.4 Å². The van der Waals surface area contributed by atoms with Crippen LogP contribution in [-0.2, 0) is 6.54 Å². The summed E-state index contributed by atoms with van der Waals surface area (Å²) in [7, 11) is 0. The Morgan fingerprint density at radius 3 is 2.46 bits per heavy atom. The fourth-order valence-electron chi connectivity index (χ4n) is 3.02. The highest BCUT2D eigenvalue weighted by Gasteiger charge is 2.36. The van der Waals surface area contributed by atoms with E-state index in [1.165, 1.54) is 6.07 Å². The number of halogens is 2. The van der Waals surface area contributed by atoms with Gasteiger partial charge in [0, 0.05) is 31.5 Å². The third-order valence-electron chi connectivity index (χ3n) is 4.34. The van der Waals surface area contributed by atoms with Gasteiger partial charge in [-0.2, -0.15) is 0 Å². The zero-order chi connectivity index (χ0) is 17.2. The van der Waals surface area contributed by atoms with Crippen molar-refractivity contribution in [3.8, 4) is 0 Å². The Bertz CT molecular complexity index is 773. The van der Waals surface area contributed by atoms with Crippen molar-refractivity contribution in [2.75, 3.05) is 5.32 Å². The standard InChI is InChI=1S/C17H19F2N3O2/c18-17(19)8-6-13(7-9-17)22-15(23)10-14(21-16(22)24)20-11-12-4-2-1-3-5-12/h1-5,10,13,20H,6-9,11H2,(H,21,24). The van der Waals surface area contributed by atoms with Crippen molar-refractivity contribution in [3.05, 3.63) is 62.8 Å². The molecule has 7 heteroatoms. The van der Waals surface area contributed by atoms with Crippen molar-refractivity contribution in [1.29, 1.82) is 0 Å². The lowest BCUT2D eigenvalue weighted by molar-refractivity contribution is -0.0446. The van der Waals surface area contributed by atoms with Gasteiger partial charge in [-0.3, -0.25) is 14.3 Å². The summed E-state index contributed by atoms with van der Waals surface area (Å²) in [5.74, 6) is -2.37. The molecule has 1 fully saturated rings. The lowest BCUT2D eigenvalue weighted by atomic mass is 9.92. The van der Waals surface area contributed by atoms with Crippen LogP contribution in [0.4, 0.5) is 14.6 Å². The molecule has 0 unspecified atom stereocenters. The van der Waals surface area contributed by atoms with Crippen molar-refractivity contribution in [2.24, 2.45) is 0 Å². The van der Waals surface area contributed by atoms with Crippen molar-refractivity contribution >= 4 is 5.82 Å². The number of hydrogen-bond donors (Lipinski definition) is 2. The molecular formula is C17H19F2N3O2. The molecule has 1 aliphatic rings. The fraction of sp³-hybridized carbons (Fsp3) is 0.412. The van der Waals surface area contributed by atoms with Crippen LogP contribution in [0, 0.1) is 0 Å². The molecule has 2 aromatic rings. The normalized spacial score (nSPS) is 17.6. The van der Waals surface area contributed by atoms with Crippen molar-refractivity contribution in [3.63, 3.8) is 0 Å². The summed E-state index contributed by atoms with van der Waals surface area (Å²) in [5.41, 5.74) is -0.0187. The van der Waals surface area contributed by atoms with E-state index in [0.29, 0.717) is 12.4 Å². The number of aromatic amines is 1. The first-order valence-corrected chi connectivity index (χ1v) is 7.96. The Balaban J connectivity index is 1.75. The molecule has 1 heterocycles. The van der Waals surface area contributed by atoms with Crippen molar-refractivity contribution < 1.29 is 8.78 Å². The maximum absolute atomic E-state index is 13.2. The predicted molar refractivity (Wildman–Crippen MR) is 87.5 cm³/mol. The predicted octanol–water partition coefficient (Wildman–Crippen LogP) is 2.90. The minimum atomic E-state index is -2.69. The van der Waals surface area contributed by atoms with E-state index in [0.717, 1.165) is 10.1 Å². The summed E-state index contributed by atoms with van der Waals surface area (Å²) in [6.07, 6.45) is -0.325. The van der Waals surface area contributed by atoms with Gasteiger partial charge >= 0.3 is 5.69 Å². The summed E-state index contributed by atoms with van der Waals surface area (Å²) in [6.45, 7) is 0.468. The Morgan fingerprint density at radius 1 is 1.17 bits per heavy atom.